The van der Waals surface area contributed by atoms with Crippen molar-refractivity contribution in [3.63, 3.8) is 0 Å². The smallest absolute Gasteiger partial charge is 0.318 e. The number of nitrogens with zero attached hydrogens (tertiary/aromatic N) is 5. The molecule has 0 spiro atoms. The number of nitrogen functional groups attached to an aromatic ring is 2. The lowest BCUT2D eigenvalue weighted by molar-refractivity contribution is -0.116. The third-order valence-electron chi connectivity index (χ3n) is 7.44. The summed E-state index contributed by atoms with van der Waals surface area (Å²) in [5.74, 6) is -1.46. The Morgan fingerprint density at radius 1 is 1.33 bits per heavy atom. The van der Waals surface area contributed by atoms with E-state index in [4.69, 9.17) is 32.5 Å². The van der Waals surface area contributed by atoms with Gasteiger partial charge in [0.1, 0.15) is 40.6 Å². The van der Waals surface area contributed by atoms with Gasteiger partial charge in [0.05, 0.1) is 40.4 Å². The summed E-state index contributed by atoms with van der Waals surface area (Å²) in [4.78, 5) is 27.1. The lowest BCUT2D eigenvalue weighted by Gasteiger charge is -2.33. The lowest BCUT2D eigenvalue weighted by Crippen LogP contribution is -2.40. The van der Waals surface area contributed by atoms with Gasteiger partial charge in [-0.05, 0) is 23.8 Å². The molecule has 5 aromatic rings. The second-order valence-electron chi connectivity index (χ2n) is 9.83. The van der Waals surface area contributed by atoms with Gasteiger partial charge in [-0.15, -0.1) is 11.3 Å². The van der Waals surface area contributed by atoms with E-state index in [2.05, 4.69) is 26.8 Å². The highest BCUT2D eigenvalue weighted by Crippen LogP contribution is 2.51. The Morgan fingerprint density at radius 3 is 2.84 bits per heavy atom. The summed E-state index contributed by atoms with van der Waals surface area (Å²) in [7, 11) is 1.33. The quantitative estimate of drug-likeness (QED) is 0.202. The molecule has 0 aliphatic carbocycles. The minimum Gasteiger partial charge on any atom is -0.489 e. The largest absolute Gasteiger partial charge is 0.489 e. The molecule has 0 bridgehead atoms. The Morgan fingerprint density at radius 2 is 2.13 bits per heavy atom. The number of ether oxygens (including phenoxy) is 2. The van der Waals surface area contributed by atoms with Crippen LogP contribution in [0.1, 0.15) is 17.2 Å². The molecule has 45 heavy (non-hydrogen) atoms. The Bertz CT molecular complexity index is 2080. The van der Waals surface area contributed by atoms with Crippen molar-refractivity contribution in [2.24, 2.45) is 0 Å². The van der Waals surface area contributed by atoms with Gasteiger partial charge in [-0.25, -0.2) is 13.8 Å². The van der Waals surface area contributed by atoms with Crippen LogP contribution in [0.4, 0.5) is 25.4 Å². The maximum Gasteiger partial charge on any atom is 0.318 e. The van der Waals surface area contributed by atoms with Crippen LogP contribution in [0.25, 0.3) is 32.1 Å². The fourth-order valence-electron chi connectivity index (χ4n) is 5.44. The number of pyridine rings is 1. The van der Waals surface area contributed by atoms with Gasteiger partial charge in [-0.2, -0.15) is 15.2 Å². The number of fused-ring (bicyclic) bond motifs is 1. The molecule has 4 heterocycles. The van der Waals surface area contributed by atoms with Gasteiger partial charge in [0.2, 0.25) is 5.91 Å². The van der Waals surface area contributed by atoms with Crippen molar-refractivity contribution >= 4 is 66.5 Å². The van der Waals surface area contributed by atoms with E-state index in [9.17, 15) is 14.4 Å². The topological polar surface area (TPSA) is 165 Å². The molecule has 1 unspecified atom stereocenters. The van der Waals surface area contributed by atoms with Gasteiger partial charge in [-0.1, -0.05) is 30.3 Å². The van der Waals surface area contributed by atoms with E-state index in [1.165, 1.54) is 19.4 Å². The first kappa shape index (κ1) is 29.8. The predicted molar refractivity (Wildman–Crippen MR) is 168 cm³/mol. The number of thiophene rings is 1. The molecule has 0 saturated carbocycles. The van der Waals surface area contributed by atoms with E-state index >= 15 is 4.39 Å². The van der Waals surface area contributed by atoms with Crippen LogP contribution in [-0.2, 0) is 4.79 Å². The summed E-state index contributed by atoms with van der Waals surface area (Å²) >= 11 is 7.82. The number of carbonyl (C=O) groups excluding carboxylic acids is 1. The summed E-state index contributed by atoms with van der Waals surface area (Å²) in [5, 5.41) is 12.8. The number of aromatic nitrogens is 3. The monoisotopic (exact) mass is 648 g/mol. The van der Waals surface area contributed by atoms with Crippen LogP contribution in [0.3, 0.4) is 0 Å². The van der Waals surface area contributed by atoms with E-state index in [1.807, 2.05) is 6.07 Å². The van der Waals surface area contributed by atoms with Gasteiger partial charge in [0.25, 0.3) is 0 Å². The summed E-state index contributed by atoms with van der Waals surface area (Å²) in [6.45, 7) is 3.77. The molecule has 1 atom stereocenters. The van der Waals surface area contributed by atoms with Gasteiger partial charge in [0, 0.05) is 29.3 Å². The van der Waals surface area contributed by atoms with Crippen LogP contribution in [0.5, 0.6) is 11.8 Å². The summed E-state index contributed by atoms with van der Waals surface area (Å²) in [6.07, 6.45) is 2.67. The van der Waals surface area contributed by atoms with Gasteiger partial charge in [0.15, 0.2) is 11.6 Å². The van der Waals surface area contributed by atoms with Crippen molar-refractivity contribution in [1.29, 1.82) is 5.26 Å². The molecule has 1 aliphatic rings. The van der Waals surface area contributed by atoms with Gasteiger partial charge >= 0.3 is 6.01 Å². The van der Waals surface area contributed by atoms with Crippen LogP contribution in [-0.4, -0.2) is 47.7 Å². The van der Waals surface area contributed by atoms with Gasteiger partial charge in [-0.3, -0.25) is 4.79 Å². The number of halogens is 3. The number of hydrogen-bond acceptors (Lipinski definition) is 11. The minimum absolute atomic E-state index is 0.00236. The highest BCUT2D eigenvalue weighted by molar-refractivity contribution is 7.23. The number of nitrogens with one attached hydrogen (secondary N) is 1. The predicted octanol–water partition coefficient (Wildman–Crippen LogP) is 5.13. The molecular formula is C30H23ClF2N8O3S. The summed E-state index contributed by atoms with van der Waals surface area (Å²) in [6, 6.07) is 7.10. The molecule has 3 aromatic heterocycles. The molecular weight excluding hydrogens is 626 g/mol. The van der Waals surface area contributed by atoms with E-state index in [-0.39, 0.29) is 90.8 Å². The Labute approximate surface area is 263 Å². The minimum atomic E-state index is -0.884. The number of methoxy groups -OCH3 is 1. The van der Waals surface area contributed by atoms with Crippen LogP contribution < -0.4 is 31.2 Å². The van der Waals surface area contributed by atoms with Gasteiger partial charge < -0.3 is 31.2 Å². The maximum atomic E-state index is 16.9. The lowest BCUT2D eigenvalue weighted by atomic mass is 9.96. The molecule has 0 saturated heterocycles. The summed E-state index contributed by atoms with van der Waals surface area (Å²) in [5.41, 5.74) is 12.6. The molecule has 228 valence electrons. The van der Waals surface area contributed by atoms with Crippen molar-refractivity contribution in [2.45, 2.75) is 6.04 Å². The fraction of sp³-hybridized carbons (Fsp3) is 0.167. The Kier molecular flexibility index (Phi) is 7.73. The van der Waals surface area contributed by atoms with E-state index in [1.54, 1.807) is 17.0 Å². The van der Waals surface area contributed by atoms with E-state index < -0.39 is 23.6 Å². The highest BCUT2D eigenvalue weighted by atomic mass is 35.5. The molecule has 6 rings (SSSR count). The molecule has 0 radical (unpaired) electrons. The Balaban J connectivity index is 1.65. The van der Waals surface area contributed by atoms with Crippen molar-refractivity contribution in [3.05, 3.63) is 70.9 Å². The van der Waals surface area contributed by atoms with Crippen LogP contribution in [0.15, 0.2) is 43.1 Å². The molecule has 11 nitrogen and oxygen atoms in total. The van der Waals surface area contributed by atoms with Crippen molar-refractivity contribution in [2.75, 3.05) is 43.2 Å². The number of hydrogen-bond donors (Lipinski definition) is 3. The standard InChI is InChI=1S/C30H23ClF2N8O3S/c1-3-18(42)38-12-17(13-5-4-8-37-27(13)35)41-9-10-44-25-21-24(39-30(43-2)40-29(21)41)23(33)20(22(25)31)14-6-7-16(32)26-19(14)15(11-34)28(36)45-26/h3-8,17H,1,9-10,12,36H2,2H3,(H2,35,37)(H,38,42). The number of rotatable bonds is 7. The SMILES string of the molecule is C=CC(=O)NCC(c1cccnc1N)N1CCOc2c(Cl)c(-c3ccc(F)c4sc(N)c(C#N)c34)c(F)c3nc(OC)nc1c23. The van der Waals surface area contributed by atoms with Crippen molar-refractivity contribution in [3.8, 4) is 29.0 Å². The van der Waals surface area contributed by atoms with Crippen LogP contribution in [0, 0.1) is 23.0 Å². The number of carbonyl (C=O) groups is 1. The number of anilines is 3. The zero-order valence-corrected chi connectivity index (χ0v) is 25.1. The average molecular weight is 649 g/mol. The first-order valence-electron chi connectivity index (χ1n) is 13.4. The third-order valence-corrected chi connectivity index (χ3v) is 8.82. The molecule has 5 N–H and O–H groups in total. The molecule has 0 fully saturated rings. The number of amides is 1. The normalized spacial score (nSPS) is 13.2. The highest BCUT2D eigenvalue weighted by Gasteiger charge is 2.34. The van der Waals surface area contributed by atoms with E-state index in [0.717, 1.165) is 23.5 Å². The van der Waals surface area contributed by atoms with Crippen LogP contribution in [0.2, 0.25) is 5.02 Å². The van der Waals surface area contributed by atoms with Crippen molar-refractivity contribution in [1.82, 2.24) is 20.3 Å². The second kappa shape index (κ2) is 11.7. The molecule has 15 heteroatoms. The zero-order chi connectivity index (χ0) is 32.0. The third kappa shape index (κ3) is 4.86. The number of nitriles is 1. The number of benzene rings is 2. The zero-order valence-electron chi connectivity index (χ0n) is 23.5. The maximum absolute atomic E-state index is 16.9. The number of nitrogens with two attached hydrogens (primary N) is 2. The van der Waals surface area contributed by atoms with Crippen molar-refractivity contribution < 1.29 is 23.0 Å². The molecule has 1 aliphatic heterocycles. The molecule has 2 aromatic carbocycles. The average Bonchev–Trinajstić information content (AvgIpc) is 3.27. The fourth-order valence-corrected chi connectivity index (χ4v) is 6.72. The Hall–Kier alpha value is -5.26. The summed E-state index contributed by atoms with van der Waals surface area (Å²) < 4.78 is 43.3. The first-order valence-corrected chi connectivity index (χ1v) is 14.6. The molecule has 1 amide bonds. The van der Waals surface area contributed by atoms with Crippen LogP contribution >= 0.6 is 22.9 Å². The van der Waals surface area contributed by atoms with E-state index in [0.29, 0.717) is 5.56 Å². The first-order chi connectivity index (χ1) is 21.7. The second-order valence-corrected chi connectivity index (χ2v) is 11.3.